The smallest absolute Gasteiger partial charge is 0.410 e. The van der Waals surface area contributed by atoms with Crippen molar-refractivity contribution in [3.05, 3.63) is 41.5 Å². The average Bonchev–Trinajstić information content (AvgIpc) is 2.77. The van der Waals surface area contributed by atoms with Crippen LogP contribution in [0.5, 0.6) is 0 Å². The Hall–Kier alpha value is -2.83. The van der Waals surface area contributed by atoms with E-state index in [-0.39, 0.29) is 25.9 Å². The first-order chi connectivity index (χ1) is 16.2. The number of hydrogen-bond acceptors (Lipinski definition) is 5. The summed E-state index contributed by atoms with van der Waals surface area (Å²) < 4.78 is 10.6. The molecule has 0 aromatic heterocycles. The van der Waals surface area contributed by atoms with E-state index in [2.05, 4.69) is 19.1 Å². The van der Waals surface area contributed by atoms with Crippen LogP contribution >= 0.6 is 0 Å². The molecule has 0 radical (unpaired) electrons. The summed E-state index contributed by atoms with van der Waals surface area (Å²) in [4.78, 5) is 38.1. The molecule has 7 nitrogen and oxygen atoms in total. The van der Waals surface area contributed by atoms with Crippen LogP contribution in [-0.2, 0) is 14.3 Å². The van der Waals surface area contributed by atoms with Crippen molar-refractivity contribution in [2.75, 3.05) is 26.2 Å². The second kappa shape index (κ2) is 12.2. The summed E-state index contributed by atoms with van der Waals surface area (Å²) in [6, 6.07) is 10.4. The molecule has 2 saturated heterocycles. The van der Waals surface area contributed by atoms with Crippen LogP contribution in [0.3, 0.4) is 0 Å². The van der Waals surface area contributed by atoms with Gasteiger partial charge in [-0.2, -0.15) is 0 Å². The fourth-order valence-corrected chi connectivity index (χ4v) is 3.87. The number of carbonyl (C=O) groups is 3. The van der Waals surface area contributed by atoms with Crippen LogP contribution in [-0.4, -0.2) is 65.2 Å². The molecule has 2 aliphatic rings. The molecule has 1 aromatic rings. The third-order valence-electron chi connectivity index (χ3n) is 5.58. The zero-order chi connectivity index (χ0) is 26.2. The molecular weight excluding hydrogens is 444 g/mol. The SMILES string of the molecule is CC(=C1CCCN(C(=O)OC(C)(C)C)C1)c1ccccc1.CC(C)(C)OC(=O)N1CCCC(=O)C1.[HH]. The van der Waals surface area contributed by atoms with Crippen LogP contribution in [0.25, 0.3) is 5.57 Å². The van der Waals surface area contributed by atoms with E-state index in [0.29, 0.717) is 19.5 Å². The van der Waals surface area contributed by atoms with E-state index in [1.807, 2.05) is 64.6 Å². The molecule has 0 saturated carbocycles. The third-order valence-corrected chi connectivity index (χ3v) is 5.58. The Bertz CT molecular complexity index is 916. The van der Waals surface area contributed by atoms with Crippen LogP contribution in [0, 0.1) is 0 Å². The van der Waals surface area contributed by atoms with Gasteiger partial charge >= 0.3 is 12.2 Å². The zero-order valence-corrected chi connectivity index (χ0v) is 22.5. The number of Topliss-reactive ketones (excluding diaryl/α,β-unsaturated/α-hetero) is 1. The molecule has 35 heavy (non-hydrogen) atoms. The minimum atomic E-state index is -0.489. The number of piperidine rings is 2. The molecule has 0 N–H and O–H groups in total. The molecule has 2 fully saturated rings. The monoisotopic (exact) mass is 488 g/mol. The Balaban J connectivity index is 0.000000379. The molecular formula is C28H44N2O5. The van der Waals surface area contributed by atoms with Gasteiger partial charge in [0, 0.05) is 27.5 Å². The van der Waals surface area contributed by atoms with E-state index in [0.717, 1.165) is 25.8 Å². The maximum Gasteiger partial charge on any atom is 0.410 e. The highest BCUT2D eigenvalue weighted by atomic mass is 16.6. The summed E-state index contributed by atoms with van der Waals surface area (Å²) in [7, 11) is 0. The molecule has 2 heterocycles. The lowest BCUT2D eigenvalue weighted by Crippen LogP contribution is -2.43. The van der Waals surface area contributed by atoms with E-state index in [4.69, 9.17) is 9.47 Å². The van der Waals surface area contributed by atoms with Gasteiger partial charge in [-0.15, -0.1) is 0 Å². The van der Waals surface area contributed by atoms with E-state index >= 15 is 0 Å². The van der Waals surface area contributed by atoms with Crippen molar-refractivity contribution in [1.82, 2.24) is 9.80 Å². The molecule has 0 bridgehead atoms. The topological polar surface area (TPSA) is 76.2 Å². The van der Waals surface area contributed by atoms with E-state index in [9.17, 15) is 14.4 Å². The number of amides is 2. The lowest BCUT2D eigenvalue weighted by atomic mass is 9.95. The Morgan fingerprint density at radius 2 is 1.29 bits per heavy atom. The number of hydrogen-bond donors (Lipinski definition) is 0. The highest BCUT2D eigenvalue weighted by Gasteiger charge is 2.27. The zero-order valence-electron chi connectivity index (χ0n) is 22.5. The van der Waals surface area contributed by atoms with Gasteiger partial charge in [-0.05, 0) is 84.4 Å². The number of rotatable bonds is 1. The molecule has 0 aliphatic carbocycles. The predicted molar refractivity (Wildman–Crippen MR) is 140 cm³/mol. The molecule has 1 aromatic carbocycles. The van der Waals surface area contributed by atoms with E-state index in [1.165, 1.54) is 21.6 Å². The molecule has 196 valence electrons. The molecule has 2 amide bonds. The van der Waals surface area contributed by atoms with Gasteiger partial charge < -0.3 is 19.3 Å². The quantitative estimate of drug-likeness (QED) is 0.462. The molecule has 0 unspecified atom stereocenters. The van der Waals surface area contributed by atoms with Gasteiger partial charge in [0.05, 0.1) is 6.54 Å². The summed E-state index contributed by atoms with van der Waals surface area (Å²) in [6.07, 6.45) is 2.79. The third kappa shape index (κ3) is 10.1. The number of nitrogens with zero attached hydrogens (tertiary/aromatic N) is 2. The Morgan fingerprint density at radius 3 is 1.77 bits per heavy atom. The van der Waals surface area contributed by atoms with E-state index in [1.54, 1.807) is 0 Å². The normalized spacial score (nSPS) is 18.3. The van der Waals surface area contributed by atoms with Gasteiger partial charge in [-0.3, -0.25) is 4.79 Å². The fourth-order valence-electron chi connectivity index (χ4n) is 3.87. The van der Waals surface area contributed by atoms with Crippen LogP contribution in [0.1, 0.15) is 81.1 Å². The minimum absolute atomic E-state index is 0. The van der Waals surface area contributed by atoms with Gasteiger partial charge in [0.1, 0.15) is 11.2 Å². The van der Waals surface area contributed by atoms with Gasteiger partial charge in [0.15, 0.2) is 5.78 Å². The van der Waals surface area contributed by atoms with Crippen molar-refractivity contribution >= 4 is 23.5 Å². The highest BCUT2D eigenvalue weighted by Crippen LogP contribution is 2.26. The summed E-state index contributed by atoms with van der Waals surface area (Å²) in [5.74, 6) is 0.113. The van der Waals surface area contributed by atoms with Crippen molar-refractivity contribution in [3.63, 3.8) is 0 Å². The standard InChI is InChI=1S/C18H25NO2.C10H17NO3.H2/c1-14(15-9-6-5-7-10-15)16-11-8-12-19(13-16)17(20)21-18(2,3)4;1-10(2,3)14-9(13)11-6-4-5-8(12)7-11;/h5-7,9-10H,8,11-13H2,1-4H3;4-7H2,1-3H3;1H. The van der Waals surface area contributed by atoms with Crippen LogP contribution in [0.2, 0.25) is 0 Å². The number of ether oxygens (including phenoxy) is 2. The van der Waals surface area contributed by atoms with Gasteiger partial charge in [-0.1, -0.05) is 30.3 Å². The van der Waals surface area contributed by atoms with Crippen molar-refractivity contribution < 1.29 is 25.3 Å². The van der Waals surface area contributed by atoms with Crippen LogP contribution in [0.15, 0.2) is 35.9 Å². The number of benzene rings is 1. The number of carbonyl (C=O) groups excluding carboxylic acids is 3. The summed E-state index contributed by atoms with van der Waals surface area (Å²) >= 11 is 0. The molecule has 0 atom stereocenters. The Morgan fingerprint density at radius 1 is 0.800 bits per heavy atom. The van der Waals surface area contributed by atoms with Crippen molar-refractivity contribution in [1.29, 1.82) is 0 Å². The maximum atomic E-state index is 12.2. The molecule has 0 spiro atoms. The largest absolute Gasteiger partial charge is 0.444 e. The number of ketones is 1. The molecule has 3 rings (SSSR count). The first-order valence-electron chi connectivity index (χ1n) is 12.5. The first-order valence-corrected chi connectivity index (χ1v) is 12.5. The first kappa shape index (κ1) is 28.4. The Labute approximate surface area is 211 Å². The highest BCUT2D eigenvalue weighted by molar-refractivity contribution is 5.85. The Kier molecular flexibility index (Phi) is 9.92. The van der Waals surface area contributed by atoms with Crippen LogP contribution < -0.4 is 0 Å². The molecule has 2 aliphatic heterocycles. The number of likely N-dealkylation sites (tertiary alicyclic amines) is 2. The summed E-state index contributed by atoms with van der Waals surface area (Å²) in [5.41, 5.74) is 2.92. The van der Waals surface area contributed by atoms with Crippen molar-refractivity contribution in [2.45, 2.75) is 85.4 Å². The maximum absolute atomic E-state index is 12.2. The lowest BCUT2D eigenvalue weighted by molar-refractivity contribution is -0.122. The minimum Gasteiger partial charge on any atom is -0.444 e. The van der Waals surface area contributed by atoms with E-state index < -0.39 is 11.2 Å². The van der Waals surface area contributed by atoms with Gasteiger partial charge in [0.2, 0.25) is 0 Å². The summed E-state index contributed by atoms with van der Waals surface area (Å²) in [6.45, 7) is 15.6. The van der Waals surface area contributed by atoms with Crippen molar-refractivity contribution in [3.8, 4) is 0 Å². The second-order valence-corrected chi connectivity index (χ2v) is 11.1. The number of allylic oxidation sites excluding steroid dienone is 1. The van der Waals surface area contributed by atoms with Gasteiger partial charge in [-0.25, -0.2) is 9.59 Å². The molecule has 7 heteroatoms. The van der Waals surface area contributed by atoms with Crippen LogP contribution in [0.4, 0.5) is 9.59 Å². The second-order valence-electron chi connectivity index (χ2n) is 11.1. The lowest BCUT2D eigenvalue weighted by Gasteiger charge is -2.32. The van der Waals surface area contributed by atoms with Gasteiger partial charge in [0.25, 0.3) is 0 Å². The van der Waals surface area contributed by atoms with Crippen molar-refractivity contribution in [2.24, 2.45) is 0 Å². The average molecular weight is 489 g/mol. The predicted octanol–water partition coefficient (Wildman–Crippen LogP) is 6.32. The summed E-state index contributed by atoms with van der Waals surface area (Å²) in [5, 5.41) is 0. The fraction of sp³-hybridized carbons (Fsp3) is 0.607.